The normalized spacial score (nSPS) is 27.4. The topological polar surface area (TPSA) is 89.7 Å². The van der Waals surface area contributed by atoms with Crippen molar-refractivity contribution in [2.24, 2.45) is 5.92 Å². The number of benzene rings is 1. The van der Waals surface area contributed by atoms with E-state index in [1.807, 2.05) is 6.20 Å². The highest BCUT2D eigenvalue weighted by Gasteiger charge is 2.37. The van der Waals surface area contributed by atoms with Crippen molar-refractivity contribution < 1.29 is 10.2 Å². The van der Waals surface area contributed by atoms with E-state index in [0.717, 1.165) is 81.4 Å². The first-order chi connectivity index (χ1) is 17.6. The molecule has 0 amide bonds. The van der Waals surface area contributed by atoms with Crippen LogP contribution in [0.1, 0.15) is 43.7 Å². The van der Waals surface area contributed by atoms with Crippen LogP contribution >= 0.6 is 0 Å². The minimum absolute atomic E-state index is 0.187. The lowest BCUT2D eigenvalue weighted by molar-refractivity contribution is 0.111. The van der Waals surface area contributed by atoms with Gasteiger partial charge in [0, 0.05) is 80.7 Å². The van der Waals surface area contributed by atoms with Gasteiger partial charge in [-0.1, -0.05) is 24.3 Å². The summed E-state index contributed by atoms with van der Waals surface area (Å²) in [5.41, 5.74) is 4.64. The first-order valence-corrected chi connectivity index (χ1v) is 13.5. The largest absolute Gasteiger partial charge is 0.396 e. The molecule has 2 atom stereocenters. The molecule has 3 aliphatic rings. The third-order valence-corrected chi connectivity index (χ3v) is 8.37. The number of rotatable bonds is 7. The number of hydrogen-bond donors (Lipinski definition) is 3. The fourth-order valence-electron chi connectivity index (χ4n) is 5.79. The number of anilines is 1. The molecule has 0 radical (unpaired) electrons. The predicted octanol–water partition coefficient (Wildman–Crippen LogP) is 3.11. The molecule has 1 aromatic carbocycles. The number of piperazine rings is 1. The number of hydrogen-bond acceptors (Lipinski definition) is 7. The fourth-order valence-corrected chi connectivity index (χ4v) is 5.79. The van der Waals surface area contributed by atoms with Gasteiger partial charge in [-0.3, -0.25) is 4.90 Å². The zero-order chi connectivity index (χ0) is 24.6. The molecular weight excluding hydrogens is 452 g/mol. The average molecular weight is 491 g/mol. The van der Waals surface area contributed by atoms with Crippen LogP contribution in [0.15, 0.2) is 36.7 Å². The van der Waals surface area contributed by atoms with Crippen LogP contribution in [0.2, 0.25) is 0 Å². The number of fused-ring (bicyclic) bond motifs is 1. The van der Waals surface area contributed by atoms with Crippen LogP contribution in [0.25, 0.3) is 22.2 Å². The van der Waals surface area contributed by atoms with Gasteiger partial charge >= 0.3 is 0 Å². The third kappa shape index (κ3) is 5.00. The first-order valence-electron chi connectivity index (χ1n) is 13.5. The van der Waals surface area contributed by atoms with Gasteiger partial charge in [-0.05, 0) is 50.3 Å². The standard InChI is InChI=1S/C28H38N6O2/c1-32-10-12-33(13-11-32)16-19-2-4-20(5-3-19)25-17-34(22-6-8-23(36)9-7-22)27-24(25)15-29-28(31-27)30-26-14-21(26)18-35/h2-5,15,17,21-23,26,35-36H,6-14,16,18H2,1H3,(H,29,30,31). The van der Waals surface area contributed by atoms with E-state index in [0.29, 0.717) is 17.9 Å². The summed E-state index contributed by atoms with van der Waals surface area (Å²) in [6.07, 6.45) is 8.54. The summed E-state index contributed by atoms with van der Waals surface area (Å²) in [6, 6.07) is 9.57. The van der Waals surface area contributed by atoms with E-state index in [2.05, 4.69) is 62.2 Å². The molecule has 6 rings (SSSR count). The van der Waals surface area contributed by atoms with E-state index in [9.17, 15) is 10.2 Å². The lowest BCUT2D eigenvalue weighted by Crippen LogP contribution is -2.43. The van der Waals surface area contributed by atoms with E-state index in [-0.39, 0.29) is 18.8 Å². The molecule has 1 saturated heterocycles. The van der Waals surface area contributed by atoms with E-state index >= 15 is 0 Å². The summed E-state index contributed by atoms with van der Waals surface area (Å²) in [6.45, 7) is 5.71. The van der Waals surface area contributed by atoms with Gasteiger partial charge in [-0.15, -0.1) is 0 Å². The zero-order valence-electron chi connectivity index (χ0n) is 21.2. The molecule has 2 aliphatic carbocycles. The molecule has 3 aromatic rings. The maximum Gasteiger partial charge on any atom is 0.224 e. The second-order valence-corrected chi connectivity index (χ2v) is 11.0. The Morgan fingerprint density at radius 3 is 2.47 bits per heavy atom. The molecule has 2 saturated carbocycles. The molecule has 192 valence electrons. The molecule has 36 heavy (non-hydrogen) atoms. The number of aromatic nitrogens is 3. The number of aliphatic hydroxyl groups excluding tert-OH is 2. The van der Waals surface area contributed by atoms with E-state index in [1.165, 1.54) is 11.1 Å². The fraction of sp³-hybridized carbons (Fsp3) is 0.571. The number of nitrogens with zero attached hydrogens (tertiary/aromatic N) is 5. The van der Waals surface area contributed by atoms with Gasteiger partial charge in [0.2, 0.25) is 5.95 Å². The molecule has 0 bridgehead atoms. The summed E-state index contributed by atoms with van der Waals surface area (Å²) >= 11 is 0. The third-order valence-electron chi connectivity index (χ3n) is 8.37. The quantitative estimate of drug-likeness (QED) is 0.469. The van der Waals surface area contributed by atoms with Gasteiger partial charge in [0.15, 0.2) is 0 Å². The Balaban J connectivity index is 1.28. The molecule has 0 spiro atoms. The molecular formula is C28H38N6O2. The monoisotopic (exact) mass is 490 g/mol. The zero-order valence-corrected chi connectivity index (χ0v) is 21.2. The van der Waals surface area contributed by atoms with Crippen molar-refractivity contribution in [1.82, 2.24) is 24.3 Å². The Bertz CT molecular complexity index is 1180. The van der Waals surface area contributed by atoms with Crippen molar-refractivity contribution in [3.05, 3.63) is 42.2 Å². The number of aliphatic hydroxyl groups is 2. The summed E-state index contributed by atoms with van der Waals surface area (Å²) < 4.78 is 2.32. The lowest BCUT2D eigenvalue weighted by atomic mass is 9.93. The lowest BCUT2D eigenvalue weighted by Gasteiger charge is -2.32. The average Bonchev–Trinajstić information content (AvgIpc) is 3.55. The Morgan fingerprint density at radius 1 is 1.03 bits per heavy atom. The van der Waals surface area contributed by atoms with Gasteiger partial charge < -0.3 is 25.0 Å². The van der Waals surface area contributed by atoms with Crippen molar-refractivity contribution in [2.75, 3.05) is 45.2 Å². The Labute approximate surface area is 213 Å². The van der Waals surface area contributed by atoms with Crippen molar-refractivity contribution >= 4 is 17.0 Å². The molecule has 3 fully saturated rings. The highest BCUT2D eigenvalue weighted by Crippen LogP contribution is 2.38. The van der Waals surface area contributed by atoms with Crippen LogP contribution in [-0.2, 0) is 6.54 Å². The van der Waals surface area contributed by atoms with Crippen LogP contribution in [0.5, 0.6) is 0 Å². The minimum atomic E-state index is -0.187. The molecule has 3 N–H and O–H groups in total. The van der Waals surface area contributed by atoms with Crippen LogP contribution in [0, 0.1) is 5.92 Å². The van der Waals surface area contributed by atoms with Crippen LogP contribution in [0.4, 0.5) is 5.95 Å². The molecule has 3 heterocycles. The molecule has 1 aliphatic heterocycles. The summed E-state index contributed by atoms with van der Waals surface area (Å²) in [4.78, 5) is 14.5. The van der Waals surface area contributed by atoms with Gasteiger partial charge in [0.1, 0.15) is 5.65 Å². The summed E-state index contributed by atoms with van der Waals surface area (Å²) in [5, 5.41) is 23.9. The van der Waals surface area contributed by atoms with Crippen molar-refractivity contribution in [3.8, 4) is 11.1 Å². The van der Waals surface area contributed by atoms with Crippen LogP contribution in [-0.4, -0.2) is 86.5 Å². The SMILES string of the molecule is CN1CCN(Cc2ccc(-c3cn(C4CCC(O)CC4)c4nc(NC5CC5CO)ncc34)cc2)CC1. The van der Waals surface area contributed by atoms with Crippen LogP contribution in [0.3, 0.4) is 0 Å². The van der Waals surface area contributed by atoms with Crippen molar-refractivity contribution in [1.29, 1.82) is 0 Å². The molecule has 8 nitrogen and oxygen atoms in total. The van der Waals surface area contributed by atoms with E-state index in [4.69, 9.17) is 4.98 Å². The predicted molar refractivity (Wildman–Crippen MR) is 142 cm³/mol. The van der Waals surface area contributed by atoms with Crippen LogP contribution < -0.4 is 5.32 Å². The second-order valence-electron chi connectivity index (χ2n) is 11.0. The Kier molecular flexibility index (Phi) is 6.69. The Morgan fingerprint density at radius 2 is 1.78 bits per heavy atom. The first kappa shape index (κ1) is 23.9. The second kappa shape index (κ2) is 10.1. The van der Waals surface area contributed by atoms with Gasteiger partial charge in [0.25, 0.3) is 0 Å². The molecule has 8 heteroatoms. The summed E-state index contributed by atoms with van der Waals surface area (Å²) in [5.74, 6) is 0.934. The van der Waals surface area contributed by atoms with Gasteiger partial charge in [-0.25, -0.2) is 4.98 Å². The minimum Gasteiger partial charge on any atom is -0.396 e. The van der Waals surface area contributed by atoms with Crippen molar-refractivity contribution in [2.45, 2.75) is 56.8 Å². The molecule has 2 unspecified atom stereocenters. The molecule has 2 aromatic heterocycles. The van der Waals surface area contributed by atoms with Gasteiger partial charge in [0.05, 0.1) is 6.10 Å². The number of nitrogens with one attached hydrogen (secondary N) is 1. The smallest absolute Gasteiger partial charge is 0.224 e. The maximum absolute atomic E-state index is 10.1. The van der Waals surface area contributed by atoms with Gasteiger partial charge in [-0.2, -0.15) is 4.98 Å². The van der Waals surface area contributed by atoms with Crippen molar-refractivity contribution in [3.63, 3.8) is 0 Å². The summed E-state index contributed by atoms with van der Waals surface area (Å²) in [7, 11) is 2.19. The number of likely N-dealkylation sites (N-methyl/N-ethyl adjacent to an activating group) is 1. The maximum atomic E-state index is 10.1. The van der Waals surface area contributed by atoms with E-state index in [1.54, 1.807) is 0 Å². The Hall–Kier alpha value is -2.52. The highest BCUT2D eigenvalue weighted by atomic mass is 16.3. The van der Waals surface area contributed by atoms with E-state index < -0.39 is 0 Å². The highest BCUT2D eigenvalue weighted by molar-refractivity contribution is 5.94.